The molecule has 0 bridgehead atoms. The third kappa shape index (κ3) is 2.01. The molecule has 0 atom stereocenters. The van der Waals surface area contributed by atoms with Crippen LogP contribution in [0.15, 0.2) is 18.2 Å². The van der Waals surface area contributed by atoms with Gasteiger partial charge in [-0.25, -0.2) is 0 Å². The van der Waals surface area contributed by atoms with Crippen molar-refractivity contribution >= 4 is 0 Å². The Morgan fingerprint density at radius 3 is 2.23 bits per heavy atom. The van der Waals surface area contributed by atoms with Crippen LogP contribution in [-0.2, 0) is 12.0 Å². The average molecular weight is 180 g/mol. The van der Waals surface area contributed by atoms with Gasteiger partial charge in [-0.15, -0.1) is 0 Å². The predicted molar refractivity (Wildman–Crippen MR) is 52.7 cm³/mol. The van der Waals surface area contributed by atoms with E-state index in [4.69, 9.17) is 5.11 Å². The van der Waals surface area contributed by atoms with E-state index in [-0.39, 0.29) is 17.8 Å². The summed E-state index contributed by atoms with van der Waals surface area (Å²) in [7, 11) is 0. The van der Waals surface area contributed by atoms with E-state index in [1.807, 2.05) is 26.8 Å². The molecule has 0 heterocycles. The van der Waals surface area contributed by atoms with E-state index in [1.165, 1.54) is 0 Å². The lowest BCUT2D eigenvalue weighted by atomic mass is 9.83. The van der Waals surface area contributed by atoms with Gasteiger partial charge in [0.25, 0.3) is 0 Å². The number of benzene rings is 1. The Labute approximate surface area is 78.8 Å². The summed E-state index contributed by atoms with van der Waals surface area (Å²) >= 11 is 0. The normalized spacial score (nSPS) is 11.7. The van der Waals surface area contributed by atoms with Gasteiger partial charge in [0.1, 0.15) is 5.75 Å². The van der Waals surface area contributed by atoms with Crippen LogP contribution in [0, 0.1) is 0 Å². The molecule has 0 radical (unpaired) electrons. The van der Waals surface area contributed by atoms with Crippen LogP contribution in [0.5, 0.6) is 5.75 Å². The van der Waals surface area contributed by atoms with Crippen LogP contribution in [0.2, 0.25) is 0 Å². The summed E-state index contributed by atoms with van der Waals surface area (Å²) in [6, 6.07) is 5.23. The Morgan fingerprint density at radius 1 is 1.23 bits per heavy atom. The van der Waals surface area contributed by atoms with Gasteiger partial charge >= 0.3 is 0 Å². The van der Waals surface area contributed by atoms with Gasteiger partial charge in [-0.3, -0.25) is 0 Å². The minimum Gasteiger partial charge on any atom is -0.508 e. The lowest BCUT2D eigenvalue weighted by molar-refractivity contribution is 0.277. The van der Waals surface area contributed by atoms with Crippen LogP contribution in [0.4, 0.5) is 0 Å². The summed E-state index contributed by atoms with van der Waals surface area (Å²) in [6.45, 7) is 6.02. The highest BCUT2D eigenvalue weighted by molar-refractivity contribution is 5.43. The third-order valence-electron chi connectivity index (χ3n) is 2.05. The number of rotatable bonds is 1. The Hall–Kier alpha value is -1.02. The first-order chi connectivity index (χ1) is 5.96. The lowest BCUT2D eigenvalue weighted by Crippen LogP contribution is -2.14. The maximum atomic E-state index is 9.65. The molecule has 72 valence electrons. The monoisotopic (exact) mass is 180 g/mol. The molecular weight excluding hydrogens is 164 g/mol. The van der Waals surface area contributed by atoms with E-state index in [1.54, 1.807) is 12.1 Å². The lowest BCUT2D eigenvalue weighted by Gasteiger charge is -2.23. The molecule has 0 unspecified atom stereocenters. The van der Waals surface area contributed by atoms with E-state index in [0.717, 1.165) is 11.1 Å². The fourth-order valence-corrected chi connectivity index (χ4v) is 1.58. The van der Waals surface area contributed by atoms with Crippen LogP contribution in [-0.4, -0.2) is 10.2 Å². The topological polar surface area (TPSA) is 40.5 Å². The van der Waals surface area contributed by atoms with Crippen molar-refractivity contribution < 1.29 is 10.2 Å². The smallest absolute Gasteiger partial charge is 0.119 e. The number of aliphatic hydroxyl groups is 1. The number of aromatic hydroxyl groups is 1. The molecule has 0 aliphatic rings. The molecule has 0 aliphatic heterocycles. The van der Waals surface area contributed by atoms with Gasteiger partial charge in [-0.2, -0.15) is 0 Å². The molecule has 1 aromatic carbocycles. The molecule has 0 saturated heterocycles. The van der Waals surface area contributed by atoms with Crippen LogP contribution < -0.4 is 0 Å². The summed E-state index contributed by atoms with van der Waals surface area (Å²) in [5.41, 5.74) is 1.49. The molecule has 0 fully saturated rings. The molecule has 0 amide bonds. The molecule has 0 saturated carbocycles. The van der Waals surface area contributed by atoms with Gasteiger partial charge in [-0.05, 0) is 17.0 Å². The van der Waals surface area contributed by atoms with Crippen molar-refractivity contribution in [3.63, 3.8) is 0 Å². The minimum absolute atomic E-state index is 0.0268. The van der Waals surface area contributed by atoms with E-state index >= 15 is 0 Å². The highest BCUT2D eigenvalue weighted by Crippen LogP contribution is 2.33. The maximum absolute atomic E-state index is 9.65. The molecule has 0 aliphatic carbocycles. The van der Waals surface area contributed by atoms with Crippen molar-refractivity contribution in [3.8, 4) is 5.75 Å². The predicted octanol–water partition coefficient (Wildman–Crippen LogP) is 2.18. The van der Waals surface area contributed by atoms with Gasteiger partial charge < -0.3 is 10.2 Å². The molecule has 2 heteroatoms. The van der Waals surface area contributed by atoms with Crippen molar-refractivity contribution in [3.05, 3.63) is 29.3 Å². The number of aliphatic hydroxyl groups excluding tert-OH is 1. The molecular formula is C11H16O2. The van der Waals surface area contributed by atoms with Crippen molar-refractivity contribution in [2.24, 2.45) is 0 Å². The summed E-state index contributed by atoms with van der Waals surface area (Å²) in [5, 5.41) is 18.7. The minimum atomic E-state index is -0.136. The molecule has 13 heavy (non-hydrogen) atoms. The van der Waals surface area contributed by atoms with Crippen molar-refractivity contribution in [1.29, 1.82) is 0 Å². The SMILES string of the molecule is CC(C)(C)c1c(O)cccc1CO. The average Bonchev–Trinajstić information content (AvgIpc) is 2.01. The van der Waals surface area contributed by atoms with Gasteiger partial charge in [0, 0.05) is 5.56 Å². The first-order valence-corrected chi connectivity index (χ1v) is 4.39. The van der Waals surface area contributed by atoms with E-state index in [2.05, 4.69) is 0 Å². The number of phenolic OH excluding ortho intramolecular Hbond substituents is 1. The van der Waals surface area contributed by atoms with Crippen molar-refractivity contribution in [2.45, 2.75) is 32.8 Å². The van der Waals surface area contributed by atoms with Crippen molar-refractivity contribution in [1.82, 2.24) is 0 Å². The number of hydrogen-bond acceptors (Lipinski definition) is 2. The quantitative estimate of drug-likeness (QED) is 0.695. The van der Waals surface area contributed by atoms with Gasteiger partial charge in [0.15, 0.2) is 0 Å². The van der Waals surface area contributed by atoms with Crippen molar-refractivity contribution in [2.75, 3.05) is 0 Å². The van der Waals surface area contributed by atoms with Crippen LogP contribution in [0.25, 0.3) is 0 Å². The second-order valence-electron chi connectivity index (χ2n) is 4.22. The Bertz CT molecular complexity index is 297. The maximum Gasteiger partial charge on any atom is 0.119 e. The summed E-state index contributed by atoms with van der Waals surface area (Å²) in [5.74, 6) is 0.263. The fourth-order valence-electron chi connectivity index (χ4n) is 1.58. The first-order valence-electron chi connectivity index (χ1n) is 4.39. The Balaban J connectivity index is 3.32. The molecule has 2 N–H and O–H groups in total. The molecule has 1 aromatic rings. The summed E-state index contributed by atoms with van der Waals surface area (Å²) in [4.78, 5) is 0. The zero-order valence-electron chi connectivity index (χ0n) is 8.33. The van der Waals surface area contributed by atoms with Gasteiger partial charge in [0.05, 0.1) is 6.61 Å². The zero-order valence-corrected chi connectivity index (χ0v) is 8.33. The van der Waals surface area contributed by atoms with Crippen LogP contribution in [0.1, 0.15) is 31.9 Å². The van der Waals surface area contributed by atoms with E-state index in [0.29, 0.717) is 0 Å². The van der Waals surface area contributed by atoms with Crippen LogP contribution >= 0.6 is 0 Å². The Kier molecular flexibility index (Phi) is 2.62. The second-order valence-corrected chi connectivity index (χ2v) is 4.22. The Morgan fingerprint density at radius 2 is 1.85 bits per heavy atom. The summed E-state index contributed by atoms with van der Waals surface area (Å²) < 4.78 is 0. The largest absolute Gasteiger partial charge is 0.508 e. The highest BCUT2D eigenvalue weighted by Gasteiger charge is 2.20. The standard InChI is InChI=1S/C11H16O2/c1-11(2,3)10-8(7-12)5-4-6-9(10)13/h4-6,12-13H,7H2,1-3H3. The van der Waals surface area contributed by atoms with E-state index < -0.39 is 0 Å². The molecule has 0 spiro atoms. The molecule has 1 rings (SSSR count). The highest BCUT2D eigenvalue weighted by atomic mass is 16.3. The number of hydrogen-bond donors (Lipinski definition) is 2. The second kappa shape index (κ2) is 3.38. The first kappa shape index (κ1) is 10.1. The van der Waals surface area contributed by atoms with E-state index in [9.17, 15) is 5.11 Å². The third-order valence-corrected chi connectivity index (χ3v) is 2.05. The zero-order chi connectivity index (χ0) is 10.1. The van der Waals surface area contributed by atoms with Crippen LogP contribution in [0.3, 0.4) is 0 Å². The number of phenols is 1. The fraction of sp³-hybridized carbons (Fsp3) is 0.455. The van der Waals surface area contributed by atoms with Gasteiger partial charge in [0.2, 0.25) is 0 Å². The molecule has 0 aromatic heterocycles. The molecule has 2 nitrogen and oxygen atoms in total. The summed E-state index contributed by atoms with van der Waals surface area (Å²) in [6.07, 6.45) is 0. The van der Waals surface area contributed by atoms with Gasteiger partial charge in [-0.1, -0.05) is 32.9 Å².